The molecular formula is C29H27FN8O. The summed E-state index contributed by atoms with van der Waals surface area (Å²) in [5.74, 6) is 0.107. The highest BCUT2D eigenvalue weighted by Crippen LogP contribution is 2.34. The van der Waals surface area contributed by atoms with Crippen LogP contribution in [0.1, 0.15) is 27.2 Å². The molecule has 1 unspecified atom stereocenters. The van der Waals surface area contributed by atoms with Crippen LogP contribution in [0.3, 0.4) is 0 Å². The van der Waals surface area contributed by atoms with E-state index in [1.54, 1.807) is 36.9 Å². The molecular weight excluding hydrogens is 495 g/mol. The number of fused-ring (bicyclic) bond motifs is 2. The number of aliphatic hydroxyl groups is 1. The van der Waals surface area contributed by atoms with Crippen LogP contribution in [0, 0.1) is 11.2 Å². The third kappa shape index (κ3) is 4.94. The van der Waals surface area contributed by atoms with Crippen LogP contribution in [-0.2, 0) is 0 Å². The fraction of sp³-hybridized carbons (Fsp3) is 0.207. The van der Waals surface area contributed by atoms with E-state index in [4.69, 9.17) is 4.98 Å². The number of nitrogens with one attached hydrogen (secondary N) is 3. The van der Waals surface area contributed by atoms with Crippen molar-refractivity contribution >= 4 is 27.6 Å². The third-order valence-electron chi connectivity index (χ3n) is 6.37. The highest BCUT2D eigenvalue weighted by molar-refractivity contribution is 5.97. The maximum atomic E-state index is 15.3. The van der Waals surface area contributed by atoms with Crippen LogP contribution >= 0.6 is 0 Å². The van der Waals surface area contributed by atoms with E-state index in [1.165, 1.54) is 6.07 Å². The molecule has 1 atom stereocenters. The van der Waals surface area contributed by atoms with Crippen LogP contribution in [0.15, 0.2) is 67.3 Å². The van der Waals surface area contributed by atoms with E-state index in [-0.39, 0.29) is 5.41 Å². The van der Waals surface area contributed by atoms with Gasteiger partial charge in [0.2, 0.25) is 0 Å². The van der Waals surface area contributed by atoms with E-state index < -0.39 is 12.0 Å². The number of rotatable bonds is 6. The number of aromatic nitrogens is 7. The van der Waals surface area contributed by atoms with Crippen LogP contribution in [0.25, 0.3) is 56.0 Å². The van der Waals surface area contributed by atoms with Crippen molar-refractivity contribution in [1.82, 2.24) is 35.1 Å². The molecule has 0 spiro atoms. The number of imidazole rings is 1. The van der Waals surface area contributed by atoms with Gasteiger partial charge in [-0.25, -0.2) is 9.37 Å². The summed E-state index contributed by atoms with van der Waals surface area (Å²) in [5.41, 5.74) is 5.39. The molecule has 0 radical (unpaired) electrons. The van der Waals surface area contributed by atoms with E-state index in [0.717, 1.165) is 5.52 Å². The number of anilines is 1. The quantitative estimate of drug-likeness (QED) is 0.200. The second kappa shape index (κ2) is 9.55. The van der Waals surface area contributed by atoms with Gasteiger partial charge in [0.05, 0.1) is 28.6 Å². The highest BCUT2D eigenvalue weighted by atomic mass is 19.1. The lowest BCUT2D eigenvalue weighted by molar-refractivity contribution is 0.145. The molecule has 0 fully saturated rings. The van der Waals surface area contributed by atoms with Crippen LogP contribution in [0.5, 0.6) is 0 Å². The molecule has 0 aliphatic heterocycles. The molecule has 0 aliphatic rings. The standard InChI is InChI=1S/C29H27FN8O/c1-29(2,3)13-24(39)34-17-10-16(14-31-15-17)18-11-19-23(12-20(18)30)37-38-25(19)28-35-22-7-9-33-26(27(22)36-28)21-6-4-5-8-32-21/h4-12,14-15,24,34,39H,13H2,1-3H3,(H,35,36)(H,37,38). The minimum atomic E-state index is -0.756. The number of aliphatic hydroxyl groups excluding tert-OH is 1. The maximum Gasteiger partial charge on any atom is 0.159 e. The Labute approximate surface area is 223 Å². The number of halogens is 1. The summed E-state index contributed by atoms with van der Waals surface area (Å²) >= 11 is 0. The van der Waals surface area contributed by atoms with Crippen LogP contribution in [0.4, 0.5) is 10.1 Å². The fourth-order valence-electron chi connectivity index (χ4n) is 4.67. The summed E-state index contributed by atoms with van der Waals surface area (Å²) in [5, 5.41) is 21.6. The van der Waals surface area contributed by atoms with Crippen molar-refractivity contribution in [2.75, 3.05) is 5.32 Å². The zero-order valence-corrected chi connectivity index (χ0v) is 21.7. The van der Waals surface area contributed by atoms with E-state index >= 15 is 4.39 Å². The molecule has 6 aromatic rings. The first-order valence-electron chi connectivity index (χ1n) is 12.6. The Morgan fingerprint density at radius 3 is 2.67 bits per heavy atom. The van der Waals surface area contributed by atoms with Crippen molar-refractivity contribution in [3.63, 3.8) is 0 Å². The van der Waals surface area contributed by atoms with Gasteiger partial charge in [0, 0.05) is 41.2 Å². The third-order valence-corrected chi connectivity index (χ3v) is 6.37. The minimum Gasteiger partial charge on any atom is -0.374 e. The Morgan fingerprint density at radius 1 is 1.00 bits per heavy atom. The summed E-state index contributed by atoms with van der Waals surface area (Å²) < 4.78 is 15.3. The van der Waals surface area contributed by atoms with E-state index in [2.05, 4.69) is 56.2 Å². The Bertz CT molecular complexity index is 1790. The van der Waals surface area contributed by atoms with Crippen LogP contribution in [-0.4, -0.2) is 46.5 Å². The average Bonchev–Trinajstić information content (AvgIpc) is 3.51. The fourth-order valence-corrected chi connectivity index (χ4v) is 4.67. The Hall–Kier alpha value is -4.70. The lowest BCUT2D eigenvalue weighted by atomic mass is 9.91. The van der Waals surface area contributed by atoms with Gasteiger partial charge in [-0.15, -0.1) is 0 Å². The van der Waals surface area contributed by atoms with Gasteiger partial charge in [-0.05, 0) is 42.2 Å². The Kier molecular flexibility index (Phi) is 6.03. The van der Waals surface area contributed by atoms with Crippen molar-refractivity contribution in [1.29, 1.82) is 0 Å². The molecule has 4 N–H and O–H groups in total. The molecule has 5 heterocycles. The number of hydrogen-bond donors (Lipinski definition) is 4. The highest BCUT2D eigenvalue weighted by Gasteiger charge is 2.20. The first kappa shape index (κ1) is 24.6. The largest absolute Gasteiger partial charge is 0.374 e. The van der Waals surface area contributed by atoms with Gasteiger partial charge in [0.1, 0.15) is 28.9 Å². The second-order valence-corrected chi connectivity index (χ2v) is 10.7. The molecule has 6 rings (SSSR count). The zero-order chi connectivity index (χ0) is 27.1. The molecule has 1 aromatic carbocycles. The SMILES string of the molecule is CC(C)(C)CC(O)Nc1cncc(-c2cc3c(-c4nc5c(-c6ccccn6)nccc5[nH]4)n[nH]c3cc2F)c1. The van der Waals surface area contributed by atoms with Gasteiger partial charge < -0.3 is 15.4 Å². The number of nitrogens with zero attached hydrogens (tertiary/aromatic N) is 5. The minimum absolute atomic E-state index is 0.0582. The van der Waals surface area contributed by atoms with Gasteiger partial charge in [0.25, 0.3) is 0 Å². The molecule has 0 saturated carbocycles. The number of benzene rings is 1. The summed E-state index contributed by atoms with van der Waals surface area (Å²) in [7, 11) is 0. The predicted octanol–water partition coefficient (Wildman–Crippen LogP) is 5.93. The van der Waals surface area contributed by atoms with Gasteiger partial charge in [0.15, 0.2) is 5.82 Å². The van der Waals surface area contributed by atoms with E-state index in [1.807, 2.05) is 24.3 Å². The molecule has 39 heavy (non-hydrogen) atoms. The smallest absolute Gasteiger partial charge is 0.159 e. The lowest BCUT2D eigenvalue weighted by Crippen LogP contribution is -2.25. The molecule has 9 nitrogen and oxygen atoms in total. The van der Waals surface area contributed by atoms with Crippen molar-refractivity contribution in [3.8, 4) is 34.0 Å². The van der Waals surface area contributed by atoms with Crippen molar-refractivity contribution in [2.45, 2.75) is 33.4 Å². The van der Waals surface area contributed by atoms with Crippen molar-refractivity contribution in [3.05, 3.63) is 73.1 Å². The number of hydrogen-bond acceptors (Lipinski definition) is 7. The topological polar surface area (TPSA) is 128 Å². The second-order valence-electron chi connectivity index (χ2n) is 10.7. The summed E-state index contributed by atoms with van der Waals surface area (Å²) in [6, 6.07) is 12.4. The van der Waals surface area contributed by atoms with Gasteiger partial charge >= 0.3 is 0 Å². The Morgan fingerprint density at radius 2 is 1.87 bits per heavy atom. The molecule has 0 bridgehead atoms. The lowest BCUT2D eigenvalue weighted by Gasteiger charge is -2.23. The zero-order valence-electron chi connectivity index (χ0n) is 21.7. The molecule has 5 aromatic heterocycles. The van der Waals surface area contributed by atoms with Crippen LogP contribution in [0.2, 0.25) is 0 Å². The molecule has 0 saturated heterocycles. The molecule has 0 amide bonds. The number of aromatic amines is 2. The first-order valence-corrected chi connectivity index (χ1v) is 12.6. The summed E-state index contributed by atoms with van der Waals surface area (Å²) in [6.45, 7) is 6.16. The van der Waals surface area contributed by atoms with Gasteiger partial charge in [-0.1, -0.05) is 26.8 Å². The first-order chi connectivity index (χ1) is 18.7. The van der Waals surface area contributed by atoms with E-state index in [0.29, 0.717) is 62.6 Å². The monoisotopic (exact) mass is 522 g/mol. The average molecular weight is 523 g/mol. The van der Waals surface area contributed by atoms with E-state index in [9.17, 15) is 5.11 Å². The molecule has 0 aliphatic carbocycles. The maximum absolute atomic E-state index is 15.3. The van der Waals surface area contributed by atoms with Gasteiger partial charge in [-0.2, -0.15) is 5.10 Å². The Balaban J connectivity index is 1.39. The molecule has 10 heteroatoms. The predicted molar refractivity (Wildman–Crippen MR) is 149 cm³/mol. The number of pyridine rings is 3. The summed E-state index contributed by atoms with van der Waals surface area (Å²) in [4.78, 5) is 21.3. The van der Waals surface area contributed by atoms with Crippen LogP contribution < -0.4 is 5.32 Å². The summed E-state index contributed by atoms with van der Waals surface area (Å²) in [6.07, 6.45) is 6.41. The normalized spacial score (nSPS) is 12.7. The molecule has 196 valence electrons. The van der Waals surface area contributed by atoms with Crippen molar-refractivity contribution < 1.29 is 9.50 Å². The van der Waals surface area contributed by atoms with Gasteiger partial charge in [-0.3, -0.25) is 20.1 Å². The van der Waals surface area contributed by atoms with Crippen molar-refractivity contribution in [2.24, 2.45) is 5.41 Å². The number of H-pyrrole nitrogens is 2.